The molecule has 0 aliphatic carbocycles. The van der Waals surface area contributed by atoms with Crippen molar-refractivity contribution in [3.8, 4) is 0 Å². The minimum Gasteiger partial charge on any atom is -0.346 e. The number of ether oxygens (including phenoxy) is 1. The molecule has 0 unspecified atom stereocenters. The van der Waals surface area contributed by atoms with Gasteiger partial charge in [0.1, 0.15) is 11.8 Å². The summed E-state index contributed by atoms with van der Waals surface area (Å²) < 4.78 is 6.05. The average Bonchev–Trinajstić information content (AvgIpc) is 2.61. The van der Waals surface area contributed by atoms with Crippen LogP contribution in [-0.2, 0) is 9.53 Å². The van der Waals surface area contributed by atoms with E-state index >= 15 is 0 Å². The highest BCUT2D eigenvalue weighted by molar-refractivity contribution is 5.75. The van der Waals surface area contributed by atoms with Crippen LogP contribution in [0.2, 0.25) is 0 Å². The Balaban J connectivity index is 2.40. The maximum atomic E-state index is 11.8. The fraction of sp³-hybridized carbons (Fsp3) is 0.400. The van der Waals surface area contributed by atoms with Crippen molar-refractivity contribution in [2.24, 2.45) is 0 Å². The van der Waals surface area contributed by atoms with Crippen LogP contribution in [0.1, 0.15) is 32.4 Å². The molecule has 0 spiro atoms. The average molecular weight is 245 g/mol. The molecule has 3 heteroatoms. The third-order valence-corrected chi connectivity index (χ3v) is 3.31. The molecule has 0 bridgehead atoms. The molecule has 1 aliphatic rings. The van der Waals surface area contributed by atoms with Crippen molar-refractivity contribution < 1.29 is 9.53 Å². The Bertz CT molecular complexity index is 453. The molecular weight excluding hydrogens is 226 g/mol. The SMILES string of the molecule is C=C[C@@H]1[C@@H](c2ccccc2)OC(C)(C)N1C(C)=O. The van der Waals surface area contributed by atoms with Crippen LogP contribution < -0.4 is 0 Å². The molecule has 0 saturated carbocycles. The summed E-state index contributed by atoms with van der Waals surface area (Å²) in [6.45, 7) is 9.23. The van der Waals surface area contributed by atoms with Gasteiger partial charge in [0.2, 0.25) is 5.91 Å². The van der Waals surface area contributed by atoms with Crippen LogP contribution in [0.4, 0.5) is 0 Å². The highest BCUT2D eigenvalue weighted by Crippen LogP contribution is 2.41. The van der Waals surface area contributed by atoms with E-state index in [-0.39, 0.29) is 18.1 Å². The van der Waals surface area contributed by atoms with Crippen molar-refractivity contribution >= 4 is 5.91 Å². The largest absolute Gasteiger partial charge is 0.346 e. The van der Waals surface area contributed by atoms with Crippen LogP contribution >= 0.6 is 0 Å². The molecule has 2 rings (SSSR count). The van der Waals surface area contributed by atoms with Gasteiger partial charge in [0.05, 0.1) is 6.04 Å². The molecule has 1 fully saturated rings. The van der Waals surface area contributed by atoms with Crippen LogP contribution in [0.15, 0.2) is 43.0 Å². The molecule has 1 heterocycles. The molecule has 1 aliphatic heterocycles. The third kappa shape index (κ3) is 2.06. The van der Waals surface area contributed by atoms with Crippen molar-refractivity contribution in [1.82, 2.24) is 4.90 Å². The predicted molar refractivity (Wildman–Crippen MR) is 70.9 cm³/mol. The lowest BCUT2D eigenvalue weighted by molar-refractivity contribution is -0.144. The third-order valence-electron chi connectivity index (χ3n) is 3.31. The zero-order chi connectivity index (χ0) is 13.3. The van der Waals surface area contributed by atoms with Gasteiger partial charge >= 0.3 is 0 Å². The molecule has 2 atom stereocenters. The summed E-state index contributed by atoms with van der Waals surface area (Å²) in [6.07, 6.45) is 1.64. The van der Waals surface area contributed by atoms with E-state index in [1.54, 1.807) is 17.9 Å². The summed E-state index contributed by atoms with van der Waals surface area (Å²) in [5, 5.41) is 0. The Hall–Kier alpha value is -1.61. The highest BCUT2D eigenvalue weighted by Gasteiger charge is 2.47. The molecule has 1 aromatic carbocycles. The lowest BCUT2D eigenvalue weighted by atomic mass is 10.0. The van der Waals surface area contributed by atoms with Crippen molar-refractivity contribution in [3.63, 3.8) is 0 Å². The van der Waals surface area contributed by atoms with Crippen LogP contribution in [-0.4, -0.2) is 22.6 Å². The first-order valence-corrected chi connectivity index (χ1v) is 6.12. The van der Waals surface area contributed by atoms with Gasteiger partial charge in [-0.05, 0) is 19.4 Å². The van der Waals surface area contributed by atoms with Gasteiger partial charge in [-0.1, -0.05) is 36.4 Å². The van der Waals surface area contributed by atoms with Gasteiger partial charge in [-0.15, -0.1) is 6.58 Å². The molecule has 1 aromatic rings. The van der Waals surface area contributed by atoms with Crippen LogP contribution in [0.3, 0.4) is 0 Å². The van der Waals surface area contributed by atoms with E-state index in [0.717, 1.165) is 5.56 Å². The fourth-order valence-electron chi connectivity index (χ4n) is 2.66. The van der Waals surface area contributed by atoms with E-state index in [2.05, 4.69) is 6.58 Å². The van der Waals surface area contributed by atoms with Crippen LogP contribution in [0, 0.1) is 0 Å². The molecule has 96 valence electrons. The van der Waals surface area contributed by atoms with Crippen LogP contribution in [0.25, 0.3) is 0 Å². The van der Waals surface area contributed by atoms with Crippen LogP contribution in [0.5, 0.6) is 0 Å². The lowest BCUT2D eigenvalue weighted by Gasteiger charge is -2.31. The second kappa shape index (κ2) is 4.58. The Labute approximate surface area is 108 Å². The van der Waals surface area contributed by atoms with E-state index in [1.165, 1.54) is 0 Å². The first kappa shape index (κ1) is 12.8. The topological polar surface area (TPSA) is 29.5 Å². The number of benzene rings is 1. The van der Waals surface area contributed by atoms with Gasteiger partial charge in [0.15, 0.2) is 0 Å². The number of rotatable bonds is 2. The summed E-state index contributed by atoms with van der Waals surface area (Å²) in [6, 6.07) is 9.82. The maximum Gasteiger partial charge on any atom is 0.222 e. The van der Waals surface area contributed by atoms with E-state index in [1.807, 2.05) is 44.2 Å². The summed E-state index contributed by atoms with van der Waals surface area (Å²) in [4.78, 5) is 13.6. The Morgan fingerprint density at radius 3 is 2.50 bits per heavy atom. The molecular formula is C15H19NO2. The summed E-state index contributed by atoms with van der Waals surface area (Å²) in [7, 11) is 0. The minimum absolute atomic E-state index is 0.00308. The van der Waals surface area contributed by atoms with Gasteiger partial charge in [0, 0.05) is 6.92 Å². The zero-order valence-corrected chi connectivity index (χ0v) is 11.1. The van der Waals surface area contributed by atoms with Gasteiger partial charge in [-0.25, -0.2) is 0 Å². The number of hydrogen-bond acceptors (Lipinski definition) is 2. The molecule has 0 radical (unpaired) electrons. The quantitative estimate of drug-likeness (QED) is 0.750. The molecule has 18 heavy (non-hydrogen) atoms. The van der Waals surface area contributed by atoms with Gasteiger partial charge in [0.25, 0.3) is 0 Å². The number of nitrogens with zero attached hydrogens (tertiary/aromatic N) is 1. The standard InChI is InChI=1S/C15H19NO2/c1-5-13-14(12-9-7-6-8-10-12)18-15(3,4)16(13)11(2)17/h5-10,13-14H,1H2,2-4H3/t13-,14-/m1/s1. The van der Waals surface area contributed by atoms with E-state index in [0.29, 0.717) is 0 Å². The van der Waals surface area contributed by atoms with E-state index in [4.69, 9.17) is 4.74 Å². The minimum atomic E-state index is -0.606. The van der Waals surface area contributed by atoms with Gasteiger partial charge in [-0.3, -0.25) is 4.79 Å². The summed E-state index contributed by atoms with van der Waals surface area (Å²) >= 11 is 0. The molecule has 3 nitrogen and oxygen atoms in total. The van der Waals surface area contributed by atoms with Crippen molar-refractivity contribution in [3.05, 3.63) is 48.6 Å². The molecule has 0 aromatic heterocycles. The van der Waals surface area contributed by atoms with Crippen molar-refractivity contribution in [1.29, 1.82) is 0 Å². The fourth-order valence-corrected chi connectivity index (χ4v) is 2.66. The first-order valence-electron chi connectivity index (χ1n) is 6.12. The molecule has 0 N–H and O–H groups in total. The second-order valence-corrected chi connectivity index (χ2v) is 5.01. The molecule has 1 amide bonds. The predicted octanol–water partition coefficient (Wildman–Crippen LogP) is 2.90. The van der Waals surface area contributed by atoms with Crippen molar-refractivity contribution in [2.45, 2.75) is 38.6 Å². The Morgan fingerprint density at radius 2 is 2.00 bits per heavy atom. The lowest BCUT2D eigenvalue weighted by Crippen LogP contribution is -2.46. The van der Waals surface area contributed by atoms with E-state index < -0.39 is 5.72 Å². The summed E-state index contributed by atoms with van der Waals surface area (Å²) in [5.74, 6) is 0.00308. The van der Waals surface area contributed by atoms with Gasteiger partial charge in [-0.2, -0.15) is 0 Å². The zero-order valence-electron chi connectivity index (χ0n) is 11.1. The normalized spacial score (nSPS) is 26.1. The Morgan fingerprint density at radius 1 is 1.39 bits per heavy atom. The number of carbonyl (C=O) groups is 1. The smallest absolute Gasteiger partial charge is 0.222 e. The highest BCUT2D eigenvalue weighted by atomic mass is 16.5. The van der Waals surface area contributed by atoms with Crippen molar-refractivity contribution in [2.75, 3.05) is 0 Å². The summed E-state index contributed by atoms with van der Waals surface area (Å²) in [5.41, 5.74) is 0.463. The molecule has 1 saturated heterocycles. The van der Waals surface area contributed by atoms with E-state index in [9.17, 15) is 4.79 Å². The maximum absolute atomic E-state index is 11.8. The van der Waals surface area contributed by atoms with Gasteiger partial charge < -0.3 is 9.64 Å². The Kier molecular flexibility index (Phi) is 3.26. The monoisotopic (exact) mass is 245 g/mol. The number of amides is 1. The number of hydrogen-bond donors (Lipinski definition) is 0. The first-order chi connectivity index (χ1) is 8.47. The second-order valence-electron chi connectivity index (χ2n) is 5.01. The number of carbonyl (C=O) groups excluding carboxylic acids is 1.